The van der Waals surface area contributed by atoms with Gasteiger partial charge in [0.15, 0.2) is 0 Å². The Labute approximate surface area is 125 Å². The monoisotopic (exact) mass is 391 g/mol. The summed E-state index contributed by atoms with van der Waals surface area (Å²) in [6.07, 6.45) is 0. The number of rotatable bonds is 3. The molecule has 0 bridgehead atoms. The van der Waals surface area contributed by atoms with Gasteiger partial charge in [0.05, 0.1) is 14.7 Å². The molecule has 5 nitrogen and oxygen atoms in total. The lowest BCUT2D eigenvalue weighted by atomic mass is 10.4. The van der Waals surface area contributed by atoms with Crippen LogP contribution in [0.3, 0.4) is 0 Å². The maximum absolute atomic E-state index is 12.3. The Hall–Kier alpha value is 0.200. The minimum atomic E-state index is -3.80. The average molecular weight is 393 g/mol. The number of thiophene rings is 1. The van der Waals surface area contributed by atoms with Gasteiger partial charge >= 0.3 is 5.97 Å². The third-order valence-electron chi connectivity index (χ3n) is 2.31. The van der Waals surface area contributed by atoms with E-state index in [4.69, 9.17) is 16.7 Å². The molecule has 0 amide bonds. The van der Waals surface area contributed by atoms with Crippen LogP contribution in [0, 0.1) is 0 Å². The van der Waals surface area contributed by atoms with Crippen molar-refractivity contribution in [3.05, 3.63) is 14.9 Å². The minimum Gasteiger partial charge on any atom is -0.480 e. The Morgan fingerprint density at radius 3 is 2.78 bits per heavy atom. The van der Waals surface area contributed by atoms with Crippen LogP contribution >= 0.6 is 50.6 Å². The second kappa shape index (κ2) is 5.29. The number of carbonyl (C=O) groups is 1. The predicted octanol–water partition coefficient (Wildman–Crippen LogP) is 2.31. The number of nitrogens with zero attached hydrogens (tertiary/aromatic N) is 1. The summed E-state index contributed by atoms with van der Waals surface area (Å²) in [5, 5.41) is 9.31. The van der Waals surface area contributed by atoms with Crippen LogP contribution in [-0.2, 0) is 14.8 Å². The van der Waals surface area contributed by atoms with Crippen LogP contribution in [0.2, 0.25) is 5.02 Å². The summed E-state index contributed by atoms with van der Waals surface area (Å²) in [5.74, 6) is -0.730. The van der Waals surface area contributed by atoms with Gasteiger partial charge in [0.2, 0.25) is 0 Å². The highest BCUT2D eigenvalue weighted by Gasteiger charge is 2.40. The maximum Gasteiger partial charge on any atom is 0.322 e. The number of carboxylic acid groups (broad SMARTS) is 1. The molecule has 0 aliphatic carbocycles. The van der Waals surface area contributed by atoms with Crippen molar-refractivity contribution in [1.29, 1.82) is 0 Å². The van der Waals surface area contributed by atoms with Crippen molar-refractivity contribution in [3.8, 4) is 0 Å². The van der Waals surface area contributed by atoms with Gasteiger partial charge in [0.1, 0.15) is 10.3 Å². The van der Waals surface area contributed by atoms with E-state index in [0.29, 0.717) is 8.81 Å². The number of sulfonamides is 1. The Bertz CT molecular complexity index is 568. The van der Waals surface area contributed by atoms with Crippen molar-refractivity contribution >= 4 is 66.6 Å². The van der Waals surface area contributed by atoms with Gasteiger partial charge < -0.3 is 5.11 Å². The zero-order valence-corrected chi connectivity index (χ0v) is 13.5. The van der Waals surface area contributed by atoms with Gasteiger partial charge in [-0.1, -0.05) is 11.6 Å². The lowest BCUT2D eigenvalue weighted by Crippen LogP contribution is -2.41. The minimum absolute atomic E-state index is 0.0492. The lowest BCUT2D eigenvalue weighted by Gasteiger charge is -2.18. The fraction of sp³-hybridized carbons (Fsp3) is 0.375. The molecule has 0 unspecified atom stereocenters. The zero-order valence-electron chi connectivity index (χ0n) is 8.67. The van der Waals surface area contributed by atoms with E-state index in [9.17, 15) is 13.2 Å². The number of carboxylic acids is 1. The normalized spacial score (nSPS) is 21.3. The van der Waals surface area contributed by atoms with E-state index in [-0.39, 0.29) is 15.8 Å². The standard InChI is InChI=1S/C8H7BrClNO4S3/c9-7-4(10)1-6(17-7)18(14,15)11-3-16-2-5(11)8(12)13/h1,5H,2-3H2,(H,12,13)/t5-/m0/s1. The molecular formula is C8H7BrClNO4S3. The summed E-state index contributed by atoms with van der Waals surface area (Å²) in [7, 11) is -3.80. The highest BCUT2D eigenvalue weighted by atomic mass is 79.9. The number of halogens is 2. The molecule has 1 aromatic rings. The lowest BCUT2D eigenvalue weighted by molar-refractivity contribution is -0.140. The van der Waals surface area contributed by atoms with Crippen molar-refractivity contribution in [1.82, 2.24) is 4.31 Å². The molecule has 2 rings (SSSR count). The van der Waals surface area contributed by atoms with Crippen LogP contribution in [-0.4, -0.2) is 41.5 Å². The summed E-state index contributed by atoms with van der Waals surface area (Å²) in [4.78, 5) is 11.0. The number of aliphatic carboxylic acids is 1. The highest BCUT2D eigenvalue weighted by molar-refractivity contribution is 9.11. The van der Waals surface area contributed by atoms with Crippen molar-refractivity contribution in [2.24, 2.45) is 0 Å². The molecule has 1 atom stereocenters. The molecule has 1 saturated heterocycles. The maximum atomic E-state index is 12.3. The number of hydrogen-bond acceptors (Lipinski definition) is 5. The van der Waals surface area contributed by atoms with Crippen LogP contribution in [0.15, 0.2) is 14.1 Å². The molecule has 0 saturated carbocycles. The molecule has 1 fully saturated rings. The van der Waals surface area contributed by atoms with Crippen molar-refractivity contribution < 1.29 is 18.3 Å². The predicted molar refractivity (Wildman–Crippen MR) is 74.8 cm³/mol. The average Bonchev–Trinajstić information content (AvgIpc) is 2.87. The molecule has 0 spiro atoms. The van der Waals surface area contributed by atoms with E-state index >= 15 is 0 Å². The third-order valence-corrected chi connectivity index (χ3v) is 8.27. The highest BCUT2D eigenvalue weighted by Crippen LogP contribution is 2.38. The summed E-state index contributed by atoms with van der Waals surface area (Å²) >= 11 is 11.2. The van der Waals surface area contributed by atoms with E-state index in [2.05, 4.69) is 15.9 Å². The Morgan fingerprint density at radius 2 is 2.28 bits per heavy atom. The largest absolute Gasteiger partial charge is 0.480 e. The molecule has 100 valence electrons. The molecule has 18 heavy (non-hydrogen) atoms. The first-order chi connectivity index (χ1) is 8.34. The van der Waals surface area contributed by atoms with Gasteiger partial charge in [0, 0.05) is 5.75 Å². The van der Waals surface area contributed by atoms with Gasteiger partial charge in [-0.15, -0.1) is 23.1 Å². The van der Waals surface area contributed by atoms with Crippen molar-refractivity contribution in [2.75, 3.05) is 11.6 Å². The first-order valence-corrected chi connectivity index (χ1v) is 9.19. The molecule has 1 N–H and O–H groups in total. The SMILES string of the molecule is O=C(O)[C@@H]1CSCN1S(=O)(=O)c1cc(Cl)c(Br)s1. The van der Waals surface area contributed by atoms with E-state index < -0.39 is 22.0 Å². The topological polar surface area (TPSA) is 74.7 Å². The first kappa shape index (κ1) is 14.6. The summed E-state index contributed by atoms with van der Waals surface area (Å²) in [6.45, 7) is 0. The molecule has 0 radical (unpaired) electrons. The number of hydrogen-bond donors (Lipinski definition) is 1. The van der Waals surface area contributed by atoms with Gasteiger partial charge in [-0.3, -0.25) is 4.79 Å². The van der Waals surface area contributed by atoms with Crippen LogP contribution in [0.1, 0.15) is 0 Å². The van der Waals surface area contributed by atoms with Gasteiger partial charge in [-0.05, 0) is 22.0 Å². The molecule has 10 heteroatoms. The molecule has 1 aromatic heterocycles. The summed E-state index contributed by atoms with van der Waals surface area (Å²) in [5.41, 5.74) is 0. The molecule has 1 aliphatic rings. The van der Waals surface area contributed by atoms with Gasteiger partial charge in [-0.25, -0.2) is 8.42 Å². The van der Waals surface area contributed by atoms with Gasteiger partial charge in [0.25, 0.3) is 10.0 Å². The fourth-order valence-electron chi connectivity index (χ4n) is 1.43. The smallest absolute Gasteiger partial charge is 0.322 e. The van der Waals surface area contributed by atoms with E-state index in [1.807, 2.05) is 0 Å². The van der Waals surface area contributed by atoms with Crippen LogP contribution in [0.4, 0.5) is 0 Å². The Balaban J connectivity index is 2.39. The first-order valence-electron chi connectivity index (χ1n) is 4.61. The summed E-state index contributed by atoms with van der Waals surface area (Å²) < 4.78 is 26.1. The van der Waals surface area contributed by atoms with E-state index in [1.54, 1.807) is 0 Å². The molecule has 1 aliphatic heterocycles. The summed E-state index contributed by atoms with van der Waals surface area (Å²) in [6, 6.07) is 0.313. The van der Waals surface area contributed by atoms with Crippen LogP contribution in [0.5, 0.6) is 0 Å². The van der Waals surface area contributed by atoms with Gasteiger partial charge in [-0.2, -0.15) is 4.31 Å². The quantitative estimate of drug-likeness (QED) is 0.854. The second-order valence-corrected chi connectivity index (χ2v) is 9.33. The Morgan fingerprint density at radius 1 is 1.61 bits per heavy atom. The van der Waals surface area contributed by atoms with Crippen LogP contribution in [0.25, 0.3) is 0 Å². The van der Waals surface area contributed by atoms with E-state index in [1.165, 1.54) is 17.8 Å². The Kier molecular flexibility index (Phi) is 4.30. The zero-order chi connectivity index (χ0) is 13.5. The molecule has 0 aromatic carbocycles. The van der Waals surface area contributed by atoms with Crippen molar-refractivity contribution in [2.45, 2.75) is 10.3 Å². The second-order valence-electron chi connectivity index (χ2n) is 3.43. The molecule has 2 heterocycles. The van der Waals surface area contributed by atoms with Crippen molar-refractivity contribution in [3.63, 3.8) is 0 Å². The molecular weight excluding hydrogens is 386 g/mol. The third kappa shape index (κ3) is 2.56. The van der Waals surface area contributed by atoms with E-state index in [0.717, 1.165) is 15.6 Å². The number of thioether (sulfide) groups is 1. The fourth-order valence-corrected chi connectivity index (χ4v) is 7.09. The van der Waals surface area contributed by atoms with Crippen LogP contribution < -0.4 is 0 Å².